The summed E-state index contributed by atoms with van der Waals surface area (Å²) in [6, 6.07) is 17.7. The number of amides is 1. The van der Waals surface area contributed by atoms with Gasteiger partial charge in [-0.2, -0.15) is 0 Å². The molecule has 31 heavy (non-hydrogen) atoms. The van der Waals surface area contributed by atoms with E-state index in [4.69, 9.17) is 0 Å². The van der Waals surface area contributed by atoms with Crippen LogP contribution in [0.25, 0.3) is 10.7 Å². The highest BCUT2D eigenvalue weighted by Crippen LogP contribution is 2.36. The Balaban J connectivity index is 1.62. The zero-order valence-electron chi connectivity index (χ0n) is 16.3. The van der Waals surface area contributed by atoms with E-state index in [1.54, 1.807) is 19.1 Å². The number of hydrogen-bond donors (Lipinski definition) is 2. The third-order valence-electron chi connectivity index (χ3n) is 4.39. The number of aromatic amines is 1. The van der Waals surface area contributed by atoms with E-state index in [2.05, 4.69) is 20.5 Å². The number of H-pyrrole nitrogens is 1. The highest BCUT2D eigenvalue weighted by atomic mass is 32.2. The van der Waals surface area contributed by atoms with Crippen LogP contribution < -0.4 is 5.32 Å². The summed E-state index contributed by atoms with van der Waals surface area (Å²) in [5.41, 5.74) is 1.47. The number of aryl methyl sites for hydroxylation is 1. The molecule has 0 fully saturated rings. The maximum absolute atomic E-state index is 13.2. The molecule has 0 aliphatic carbocycles. The number of nitro groups is 1. The van der Waals surface area contributed by atoms with Gasteiger partial charge in [0.05, 0.1) is 9.80 Å². The molecule has 0 saturated carbocycles. The van der Waals surface area contributed by atoms with E-state index in [0.29, 0.717) is 11.0 Å². The van der Waals surface area contributed by atoms with Crippen LogP contribution in [0.1, 0.15) is 16.4 Å². The van der Waals surface area contributed by atoms with E-state index < -0.39 is 16.1 Å². The number of rotatable bonds is 7. The molecule has 10 heteroatoms. The molecule has 2 aromatic heterocycles. The maximum atomic E-state index is 13.2. The van der Waals surface area contributed by atoms with Gasteiger partial charge in [-0.25, -0.2) is 4.98 Å². The smallest absolute Gasteiger partial charge is 0.293 e. The molecule has 0 spiro atoms. The molecule has 0 saturated heterocycles. The number of nitrogens with zero attached hydrogens (tertiary/aromatic N) is 3. The Morgan fingerprint density at radius 2 is 2.00 bits per heavy atom. The minimum atomic E-state index is -0.700. The first-order valence-electron chi connectivity index (χ1n) is 9.25. The molecule has 0 aliphatic rings. The van der Waals surface area contributed by atoms with Crippen molar-refractivity contribution in [3.8, 4) is 10.7 Å². The van der Waals surface area contributed by atoms with Gasteiger partial charge in [-0.15, -0.1) is 16.4 Å². The maximum Gasteiger partial charge on any atom is 0.293 e. The van der Waals surface area contributed by atoms with Gasteiger partial charge < -0.3 is 5.32 Å². The van der Waals surface area contributed by atoms with E-state index in [0.717, 1.165) is 16.0 Å². The zero-order valence-corrected chi connectivity index (χ0v) is 17.9. The minimum absolute atomic E-state index is 0.149. The van der Waals surface area contributed by atoms with Crippen LogP contribution in [0.2, 0.25) is 0 Å². The molecular formula is C21H17N5O3S2. The van der Waals surface area contributed by atoms with Crippen LogP contribution in [-0.2, 0) is 4.79 Å². The second-order valence-electron chi connectivity index (χ2n) is 6.62. The van der Waals surface area contributed by atoms with E-state index in [9.17, 15) is 14.9 Å². The summed E-state index contributed by atoms with van der Waals surface area (Å²) in [5.74, 6) is 0.226. The third kappa shape index (κ3) is 4.81. The lowest BCUT2D eigenvalue weighted by Gasteiger charge is -2.15. The van der Waals surface area contributed by atoms with Crippen LogP contribution in [0, 0.1) is 17.0 Å². The van der Waals surface area contributed by atoms with Crippen LogP contribution in [0.15, 0.2) is 71.2 Å². The summed E-state index contributed by atoms with van der Waals surface area (Å²) in [6.07, 6.45) is 0. The summed E-state index contributed by atoms with van der Waals surface area (Å²) >= 11 is 2.71. The lowest BCUT2D eigenvalue weighted by Crippen LogP contribution is -2.20. The minimum Gasteiger partial charge on any atom is -0.319 e. The first-order chi connectivity index (χ1) is 15.0. The van der Waals surface area contributed by atoms with E-state index in [-0.39, 0.29) is 11.4 Å². The Bertz CT molecular complexity index is 1210. The molecule has 8 nitrogen and oxygen atoms in total. The van der Waals surface area contributed by atoms with Gasteiger partial charge in [0.1, 0.15) is 10.9 Å². The number of anilines is 1. The normalized spacial score (nSPS) is 11.8. The average Bonchev–Trinajstić information content (AvgIpc) is 3.45. The lowest BCUT2D eigenvalue weighted by atomic mass is 10.1. The van der Waals surface area contributed by atoms with Crippen molar-refractivity contribution in [1.29, 1.82) is 0 Å². The average molecular weight is 452 g/mol. The van der Waals surface area contributed by atoms with E-state index >= 15 is 0 Å². The van der Waals surface area contributed by atoms with Crippen molar-refractivity contribution in [2.24, 2.45) is 0 Å². The van der Waals surface area contributed by atoms with Crippen LogP contribution in [0.3, 0.4) is 0 Å². The first-order valence-corrected chi connectivity index (χ1v) is 11.0. The molecule has 1 atom stereocenters. The monoisotopic (exact) mass is 451 g/mol. The number of hydrogen-bond acceptors (Lipinski definition) is 7. The first kappa shape index (κ1) is 20.8. The Morgan fingerprint density at radius 1 is 1.19 bits per heavy atom. The molecule has 1 amide bonds. The number of carbonyl (C=O) groups excluding carboxylic acids is 1. The van der Waals surface area contributed by atoms with Gasteiger partial charge >= 0.3 is 0 Å². The molecular weight excluding hydrogens is 434 g/mol. The van der Waals surface area contributed by atoms with Gasteiger partial charge in [-0.05, 0) is 35.6 Å². The summed E-state index contributed by atoms with van der Waals surface area (Å²) in [7, 11) is 0. The number of benzene rings is 2. The third-order valence-corrected chi connectivity index (χ3v) is 6.38. The van der Waals surface area contributed by atoms with Gasteiger partial charge in [0.25, 0.3) is 5.69 Å². The molecule has 0 radical (unpaired) electrons. The van der Waals surface area contributed by atoms with Crippen LogP contribution >= 0.6 is 23.1 Å². The number of nitro benzene ring substituents is 1. The lowest BCUT2D eigenvalue weighted by molar-refractivity contribution is -0.384. The standard InChI is InChI=1S/C21H17N5O3S2/c1-13-9-10-15(16(12-13)26(28)29)22-20(27)18(14-6-3-2-4-7-14)31-21-23-19(24-25-21)17-8-5-11-30-17/h2-12,18H,1H3,(H,22,27)(H,23,24,25)/t18-/m1/s1. The van der Waals surface area contributed by atoms with Gasteiger partial charge in [-0.1, -0.05) is 54.2 Å². The zero-order chi connectivity index (χ0) is 21.8. The van der Waals surface area contributed by atoms with E-state index in [1.807, 2.05) is 47.8 Å². The van der Waals surface area contributed by atoms with Crippen molar-refractivity contribution in [3.05, 3.63) is 87.3 Å². The summed E-state index contributed by atoms with van der Waals surface area (Å²) in [6.45, 7) is 1.76. The second-order valence-corrected chi connectivity index (χ2v) is 8.64. The SMILES string of the molecule is Cc1ccc(NC(=O)[C@H](Sc2n[nH]c(-c3cccs3)n2)c2ccccc2)c([N+](=O)[O-])c1. The predicted molar refractivity (Wildman–Crippen MR) is 121 cm³/mol. The molecule has 2 heterocycles. The van der Waals surface area contributed by atoms with Crippen LogP contribution in [0.4, 0.5) is 11.4 Å². The highest BCUT2D eigenvalue weighted by molar-refractivity contribution is 8.00. The second kappa shape index (κ2) is 9.11. The summed E-state index contributed by atoms with van der Waals surface area (Å²) < 4.78 is 0. The van der Waals surface area contributed by atoms with Gasteiger partial charge in [0, 0.05) is 6.07 Å². The molecule has 0 unspecified atom stereocenters. The van der Waals surface area contributed by atoms with Gasteiger partial charge in [0.2, 0.25) is 11.1 Å². The van der Waals surface area contributed by atoms with Crippen molar-refractivity contribution in [1.82, 2.24) is 15.2 Å². The summed E-state index contributed by atoms with van der Waals surface area (Å²) in [4.78, 5) is 29.5. The molecule has 0 bridgehead atoms. The Hall–Kier alpha value is -3.50. The van der Waals surface area contributed by atoms with Crippen LogP contribution in [0.5, 0.6) is 0 Å². The Kier molecular flexibility index (Phi) is 6.10. The Morgan fingerprint density at radius 3 is 2.71 bits per heavy atom. The quantitative estimate of drug-likeness (QED) is 0.226. The number of thioether (sulfide) groups is 1. The summed E-state index contributed by atoms with van der Waals surface area (Å²) in [5, 5.41) is 22.9. The molecule has 4 aromatic rings. The van der Waals surface area contributed by atoms with E-state index in [1.165, 1.54) is 29.2 Å². The highest BCUT2D eigenvalue weighted by Gasteiger charge is 2.26. The fourth-order valence-corrected chi connectivity index (χ4v) is 4.50. The predicted octanol–water partition coefficient (Wildman–Crippen LogP) is 5.22. The molecule has 2 aromatic carbocycles. The number of thiophene rings is 1. The van der Waals surface area contributed by atoms with Crippen molar-refractivity contribution < 1.29 is 9.72 Å². The van der Waals surface area contributed by atoms with Crippen molar-refractivity contribution >= 4 is 40.4 Å². The molecule has 2 N–H and O–H groups in total. The fourth-order valence-electron chi connectivity index (χ4n) is 2.93. The van der Waals surface area contributed by atoms with Crippen molar-refractivity contribution in [3.63, 3.8) is 0 Å². The topological polar surface area (TPSA) is 114 Å². The number of nitrogens with one attached hydrogen (secondary N) is 2. The molecule has 0 aliphatic heterocycles. The van der Waals surface area contributed by atoms with Crippen molar-refractivity contribution in [2.75, 3.05) is 5.32 Å². The number of carbonyl (C=O) groups is 1. The molecule has 4 rings (SSSR count). The molecule has 156 valence electrons. The fraction of sp³-hybridized carbons (Fsp3) is 0.0952. The largest absolute Gasteiger partial charge is 0.319 e. The van der Waals surface area contributed by atoms with Gasteiger partial charge in [0.15, 0.2) is 5.82 Å². The van der Waals surface area contributed by atoms with Gasteiger partial charge in [-0.3, -0.25) is 20.0 Å². The van der Waals surface area contributed by atoms with Crippen molar-refractivity contribution in [2.45, 2.75) is 17.3 Å². The number of aromatic nitrogens is 3. The van der Waals surface area contributed by atoms with Crippen LogP contribution in [-0.4, -0.2) is 26.0 Å². The Labute approximate surface area is 185 Å².